The highest BCUT2D eigenvalue weighted by atomic mass is 32.2. The highest BCUT2D eigenvalue weighted by Gasteiger charge is 2.14. The van der Waals surface area contributed by atoms with Gasteiger partial charge in [-0.15, -0.1) is 0 Å². The summed E-state index contributed by atoms with van der Waals surface area (Å²) in [5, 5.41) is 7.04. The maximum absolute atomic E-state index is 12.1. The van der Waals surface area contributed by atoms with Crippen molar-refractivity contribution in [2.45, 2.75) is 44.2 Å². The number of hydrogen-bond acceptors (Lipinski definition) is 6. The fraction of sp³-hybridized carbons (Fsp3) is 0.412. The number of nitrogens with one attached hydrogen (secondary N) is 2. The van der Waals surface area contributed by atoms with Crippen LogP contribution >= 0.6 is 0 Å². The van der Waals surface area contributed by atoms with Crippen molar-refractivity contribution >= 4 is 22.2 Å². The second kappa shape index (κ2) is 8.37. The van der Waals surface area contributed by atoms with E-state index in [1.54, 1.807) is 50.3 Å². The summed E-state index contributed by atoms with van der Waals surface area (Å²) in [4.78, 5) is 4.53. The fourth-order valence-corrected chi connectivity index (χ4v) is 3.35. The molecule has 2 N–H and O–H groups in total. The first kappa shape index (κ1) is 19.3. The van der Waals surface area contributed by atoms with Crippen molar-refractivity contribution in [1.82, 2.24) is 20.2 Å². The van der Waals surface area contributed by atoms with Gasteiger partial charge in [0.15, 0.2) is 5.82 Å². The van der Waals surface area contributed by atoms with Crippen molar-refractivity contribution in [3.63, 3.8) is 0 Å². The monoisotopic (exact) mass is 364 g/mol. The van der Waals surface area contributed by atoms with Crippen LogP contribution < -0.4 is 10.0 Å². The summed E-state index contributed by atoms with van der Waals surface area (Å²) in [7, 11) is -1.59. The van der Waals surface area contributed by atoms with Gasteiger partial charge in [0.1, 0.15) is 0 Å². The summed E-state index contributed by atoms with van der Waals surface area (Å²) in [6.45, 7) is 5.60. The molecule has 1 aromatic heterocycles. The van der Waals surface area contributed by atoms with Crippen LogP contribution in [0.1, 0.15) is 38.0 Å². The van der Waals surface area contributed by atoms with E-state index in [1.807, 2.05) is 14.0 Å². The van der Waals surface area contributed by atoms with Crippen LogP contribution in [0.5, 0.6) is 0 Å². The van der Waals surface area contributed by atoms with Crippen molar-refractivity contribution < 1.29 is 12.9 Å². The van der Waals surface area contributed by atoms with Gasteiger partial charge in [-0.2, -0.15) is 4.98 Å². The maximum Gasteiger partial charge on any atom is 0.250 e. The molecule has 7 nitrogen and oxygen atoms in total. The van der Waals surface area contributed by atoms with Crippen LogP contribution in [0.25, 0.3) is 12.2 Å². The third-order valence-corrected chi connectivity index (χ3v) is 5.14. The van der Waals surface area contributed by atoms with E-state index in [1.165, 1.54) is 0 Å². The van der Waals surface area contributed by atoms with Gasteiger partial charge in [-0.3, -0.25) is 0 Å². The smallest absolute Gasteiger partial charge is 0.250 e. The largest absolute Gasteiger partial charge is 0.335 e. The van der Waals surface area contributed by atoms with Crippen LogP contribution in [0.2, 0.25) is 0 Å². The Labute approximate surface area is 148 Å². The average molecular weight is 364 g/mol. The molecule has 0 aliphatic heterocycles. The van der Waals surface area contributed by atoms with E-state index in [2.05, 4.69) is 20.2 Å². The van der Waals surface area contributed by atoms with Crippen LogP contribution in [0, 0.1) is 0 Å². The lowest BCUT2D eigenvalue weighted by molar-refractivity contribution is 0.400. The number of aromatic nitrogens is 2. The minimum atomic E-state index is -3.48. The van der Waals surface area contributed by atoms with Gasteiger partial charge in [-0.1, -0.05) is 17.3 Å². The molecule has 0 spiro atoms. The summed E-state index contributed by atoms with van der Waals surface area (Å²) >= 11 is 0. The molecule has 2 rings (SSSR count). The lowest BCUT2D eigenvalue weighted by atomic mass is 10.2. The molecule has 0 aliphatic rings. The second-order valence-electron chi connectivity index (χ2n) is 6.12. The zero-order chi connectivity index (χ0) is 18.4. The van der Waals surface area contributed by atoms with Gasteiger partial charge in [0.25, 0.3) is 5.89 Å². The van der Waals surface area contributed by atoms with Crippen LogP contribution in [-0.4, -0.2) is 37.7 Å². The van der Waals surface area contributed by atoms with Gasteiger partial charge in [0, 0.05) is 24.6 Å². The van der Waals surface area contributed by atoms with Gasteiger partial charge in [0.2, 0.25) is 10.0 Å². The Morgan fingerprint density at radius 3 is 2.44 bits per heavy atom. The lowest BCUT2D eigenvalue weighted by Crippen LogP contribution is -2.30. The molecule has 0 saturated heterocycles. The third kappa shape index (κ3) is 5.77. The van der Waals surface area contributed by atoms with Crippen molar-refractivity contribution in [3.05, 3.63) is 41.5 Å². The Hall–Kier alpha value is -2.03. The molecule has 0 bridgehead atoms. The molecule has 0 aliphatic carbocycles. The third-order valence-electron chi connectivity index (χ3n) is 3.46. The number of nitrogens with zero attached hydrogens (tertiary/aromatic N) is 2. The molecule has 1 atom stereocenters. The van der Waals surface area contributed by atoms with E-state index in [0.29, 0.717) is 18.1 Å². The molecule has 0 radical (unpaired) electrons. The molecule has 0 amide bonds. The quantitative estimate of drug-likeness (QED) is 0.744. The molecule has 1 unspecified atom stereocenters. The highest BCUT2D eigenvalue weighted by Crippen LogP contribution is 2.13. The Kier molecular flexibility index (Phi) is 6.46. The lowest BCUT2D eigenvalue weighted by Gasteiger charge is -2.09. The molecule has 0 fully saturated rings. The molecule has 1 heterocycles. The summed E-state index contributed by atoms with van der Waals surface area (Å²) in [5.41, 5.74) is 0.840. The fourth-order valence-electron chi connectivity index (χ4n) is 2.10. The Bertz CT molecular complexity index is 811. The van der Waals surface area contributed by atoms with E-state index in [-0.39, 0.29) is 17.0 Å². The van der Waals surface area contributed by atoms with Crippen LogP contribution in [-0.2, 0) is 16.4 Å². The standard InChI is InChI=1S/C17H24N4O3S/c1-12(2)21-25(22,23)15-8-5-14(6-9-15)7-10-17-19-16(20-24-17)11-13(3)18-4/h5-10,12-13,18,21H,11H2,1-4H3/b10-7+. The summed E-state index contributed by atoms with van der Waals surface area (Å²) < 4.78 is 31.9. The number of hydrogen-bond donors (Lipinski definition) is 2. The first-order valence-electron chi connectivity index (χ1n) is 8.10. The zero-order valence-corrected chi connectivity index (χ0v) is 15.7. The number of likely N-dealkylation sites (N-methyl/N-ethyl adjacent to an activating group) is 1. The van der Waals surface area contributed by atoms with E-state index in [9.17, 15) is 8.42 Å². The minimum Gasteiger partial charge on any atom is -0.335 e. The molecule has 25 heavy (non-hydrogen) atoms. The summed E-state index contributed by atoms with van der Waals surface area (Å²) in [6.07, 6.45) is 4.19. The van der Waals surface area contributed by atoms with Gasteiger partial charge in [-0.25, -0.2) is 13.1 Å². The van der Waals surface area contributed by atoms with E-state index >= 15 is 0 Å². The van der Waals surface area contributed by atoms with Crippen molar-refractivity contribution in [2.75, 3.05) is 7.05 Å². The zero-order valence-electron chi connectivity index (χ0n) is 14.9. The normalized spacial score (nSPS) is 13.6. The van der Waals surface area contributed by atoms with Gasteiger partial charge >= 0.3 is 0 Å². The number of rotatable bonds is 8. The van der Waals surface area contributed by atoms with Crippen molar-refractivity contribution in [2.24, 2.45) is 0 Å². The molecular formula is C17H24N4O3S. The van der Waals surface area contributed by atoms with Gasteiger partial charge < -0.3 is 9.84 Å². The van der Waals surface area contributed by atoms with Crippen molar-refractivity contribution in [1.29, 1.82) is 0 Å². The SMILES string of the molecule is CNC(C)Cc1noc(/C=C/c2ccc(S(=O)(=O)NC(C)C)cc2)n1. The van der Waals surface area contributed by atoms with E-state index < -0.39 is 10.0 Å². The van der Waals surface area contributed by atoms with Gasteiger partial charge in [0.05, 0.1) is 4.90 Å². The molecule has 136 valence electrons. The molecule has 8 heteroatoms. The first-order chi connectivity index (χ1) is 11.8. The molecular weight excluding hydrogens is 340 g/mol. The van der Waals surface area contributed by atoms with Crippen molar-refractivity contribution in [3.8, 4) is 0 Å². The minimum absolute atomic E-state index is 0.151. The number of sulfonamides is 1. The summed E-state index contributed by atoms with van der Waals surface area (Å²) in [6, 6.07) is 6.71. The topological polar surface area (TPSA) is 97.1 Å². The van der Waals surface area contributed by atoms with Crippen LogP contribution in [0.4, 0.5) is 0 Å². The van der Waals surface area contributed by atoms with Crippen LogP contribution in [0.15, 0.2) is 33.7 Å². The Morgan fingerprint density at radius 1 is 1.16 bits per heavy atom. The summed E-state index contributed by atoms with van der Waals surface area (Å²) in [5.74, 6) is 1.05. The van der Waals surface area contributed by atoms with Crippen LogP contribution in [0.3, 0.4) is 0 Å². The predicted molar refractivity (Wildman–Crippen MR) is 97.4 cm³/mol. The maximum atomic E-state index is 12.1. The molecule has 2 aromatic rings. The molecule has 0 saturated carbocycles. The Balaban J connectivity index is 2.05. The van der Waals surface area contributed by atoms with E-state index in [0.717, 1.165) is 5.56 Å². The second-order valence-corrected chi connectivity index (χ2v) is 7.84. The number of benzene rings is 1. The highest BCUT2D eigenvalue weighted by molar-refractivity contribution is 7.89. The van der Waals surface area contributed by atoms with Gasteiger partial charge in [-0.05, 0) is 51.6 Å². The first-order valence-corrected chi connectivity index (χ1v) is 9.59. The predicted octanol–water partition coefficient (Wildman–Crippen LogP) is 2.08. The van der Waals surface area contributed by atoms with E-state index in [4.69, 9.17) is 4.52 Å². The average Bonchev–Trinajstić information content (AvgIpc) is 2.99. The molecule has 1 aromatic carbocycles. The Morgan fingerprint density at radius 2 is 1.84 bits per heavy atom.